The second-order valence-electron chi connectivity index (χ2n) is 10.3. The number of piperidine rings is 2. The molecule has 10 nitrogen and oxygen atoms in total. The van der Waals surface area contributed by atoms with E-state index in [-0.39, 0.29) is 17.7 Å². The molecule has 2 aromatic rings. The zero-order valence-corrected chi connectivity index (χ0v) is 21.8. The molecule has 0 radical (unpaired) electrons. The summed E-state index contributed by atoms with van der Waals surface area (Å²) in [6.45, 7) is 3.42. The summed E-state index contributed by atoms with van der Waals surface area (Å²) in [6.07, 6.45) is 9.79. The van der Waals surface area contributed by atoms with Crippen LogP contribution in [0.5, 0.6) is 5.75 Å². The molecule has 200 valence electrons. The third-order valence-electron chi connectivity index (χ3n) is 8.37. The van der Waals surface area contributed by atoms with E-state index in [1.165, 1.54) is 12.4 Å². The SMILES string of the molecule is COc1cc(N2CCC3(CCN(C(=O)C4CCN(c5ncccn5)CC4)CC3)C2=O)ccc1/C(C=N)=C/N. The Morgan fingerprint density at radius 3 is 2.42 bits per heavy atom. The Kier molecular flexibility index (Phi) is 7.31. The number of nitrogens with two attached hydrogens (primary N) is 1. The van der Waals surface area contributed by atoms with Crippen molar-refractivity contribution >= 4 is 35.2 Å². The van der Waals surface area contributed by atoms with Crippen LogP contribution in [0.3, 0.4) is 0 Å². The topological polar surface area (TPSA) is 129 Å². The first kappa shape index (κ1) is 25.7. The Bertz CT molecular complexity index is 1220. The van der Waals surface area contributed by atoms with Crippen molar-refractivity contribution in [2.45, 2.75) is 32.1 Å². The lowest BCUT2D eigenvalue weighted by Crippen LogP contribution is -2.49. The van der Waals surface area contributed by atoms with Crippen molar-refractivity contribution in [2.75, 3.05) is 49.6 Å². The average molecular weight is 518 g/mol. The van der Waals surface area contributed by atoms with Crippen molar-refractivity contribution in [1.29, 1.82) is 5.41 Å². The van der Waals surface area contributed by atoms with Gasteiger partial charge in [0.2, 0.25) is 17.8 Å². The van der Waals surface area contributed by atoms with E-state index >= 15 is 0 Å². The summed E-state index contributed by atoms with van der Waals surface area (Å²) in [7, 11) is 1.57. The number of anilines is 2. The van der Waals surface area contributed by atoms with Gasteiger partial charge in [-0.15, -0.1) is 0 Å². The molecule has 3 aliphatic heterocycles. The van der Waals surface area contributed by atoms with Crippen molar-refractivity contribution in [3.8, 4) is 5.75 Å². The van der Waals surface area contributed by atoms with Crippen molar-refractivity contribution < 1.29 is 14.3 Å². The molecule has 0 aliphatic carbocycles. The van der Waals surface area contributed by atoms with Crippen LogP contribution in [0.25, 0.3) is 5.57 Å². The number of allylic oxidation sites excluding steroid dienone is 1. The summed E-state index contributed by atoms with van der Waals surface area (Å²) in [5.41, 5.74) is 7.27. The van der Waals surface area contributed by atoms with Crippen LogP contribution in [0.2, 0.25) is 0 Å². The van der Waals surface area contributed by atoms with E-state index in [1.807, 2.05) is 28.0 Å². The van der Waals surface area contributed by atoms with Crippen LogP contribution in [0.4, 0.5) is 11.6 Å². The number of rotatable bonds is 6. The highest BCUT2D eigenvalue weighted by Gasteiger charge is 2.49. The summed E-state index contributed by atoms with van der Waals surface area (Å²) in [5, 5.41) is 7.58. The van der Waals surface area contributed by atoms with Crippen LogP contribution in [-0.4, -0.2) is 72.7 Å². The summed E-state index contributed by atoms with van der Waals surface area (Å²) < 4.78 is 5.54. The number of benzene rings is 1. The van der Waals surface area contributed by atoms with Crippen LogP contribution < -0.4 is 20.3 Å². The monoisotopic (exact) mass is 517 g/mol. The molecule has 5 rings (SSSR count). The molecule has 10 heteroatoms. The van der Waals surface area contributed by atoms with E-state index in [0.717, 1.165) is 44.0 Å². The van der Waals surface area contributed by atoms with E-state index < -0.39 is 5.41 Å². The molecule has 0 atom stereocenters. The largest absolute Gasteiger partial charge is 0.496 e. The summed E-state index contributed by atoms with van der Waals surface area (Å²) >= 11 is 0. The lowest BCUT2D eigenvalue weighted by molar-refractivity contribution is -0.141. The van der Waals surface area contributed by atoms with Crippen LogP contribution in [0, 0.1) is 16.7 Å². The van der Waals surface area contributed by atoms with Crippen LogP contribution in [-0.2, 0) is 9.59 Å². The van der Waals surface area contributed by atoms with Crippen molar-refractivity contribution in [3.63, 3.8) is 0 Å². The Morgan fingerprint density at radius 1 is 1.11 bits per heavy atom. The van der Waals surface area contributed by atoms with Gasteiger partial charge in [0.25, 0.3) is 0 Å². The van der Waals surface area contributed by atoms with Crippen molar-refractivity contribution in [2.24, 2.45) is 17.1 Å². The van der Waals surface area contributed by atoms with Gasteiger partial charge < -0.3 is 30.6 Å². The molecule has 1 spiro atoms. The van der Waals surface area contributed by atoms with Gasteiger partial charge in [-0.3, -0.25) is 9.59 Å². The molecule has 1 aromatic heterocycles. The lowest BCUT2D eigenvalue weighted by Gasteiger charge is -2.40. The fraction of sp³-hybridized carbons (Fsp3) is 0.464. The molecule has 3 saturated heterocycles. The van der Waals surface area contributed by atoms with Crippen molar-refractivity contribution in [3.05, 3.63) is 48.4 Å². The predicted octanol–water partition coefficient (Wildman–Crippen LogP) is 2.70. The van der Waals surface area contributed by atoms with E-state index in [1.54, 1.807) is 25.6 Å². The van der Waals surface area contributed by atoms with E-state index in [0.29, 0.717) is 49.4 Å². The molecule has 4 heterocycles. The average Bonchev–Trinajstić information content (AvgIpc) is 3.29. The Morgan fingerprint density at radius 2 is 1.79 bits per heavy atom. The first-order valence-corrected chi connectivity index (χ1v) is 13.2. The minimum absolute atomic E-state index is 0.0131. The summed E-state index contributed by atoms with van der Waals surface area (Å²) in [4.78, 5) is 41.6. The van der Waals surface area contributed by atoms with Gasteiger partial charge in [-0.1, -0.05) is 0 Å². The Hall–Kier alpha value is -3.95. The zero-order valence-electron chi connectivity index (χ0n) is 21.8. The van der Waals surface area contributed by atoms with Gasteiger partial charge in [0.05, 0.1) is 12.5 Å². The zero-order chi connectivity index (χ0) is 26.7. The number of likely N-dealkylation sites (tertiary alicyclic amines) is 1. The molecule has 0 bridgehead atoms. The maximum Gasteiger partial charge on any atom is 0.233 e. The number of hydrogen-bond donors (Lipinski definition) is 2. The van der Waals surface area contributed by atoms with E-state index in [2.05, 4.69) is 14.9 Å². The number of hydrogen-bond acceptors (Lipinski definition) is 8. The van der Waals surface area contributed by atoms with Gasteiger partial charge >= 0.3 is 0 Å². The van der Waals surface area contributed by atoms with Gasteiger partial charge in [0, 0.05) is 86.3 Å². The highest BCUT2D eigenvalue weighted by Crippen LogP contribution is 2.44. The number of methoxy groups -OCH3 is 1. The van der Waals surface area contributed by atoms with Gasteiger partial charge in [-0.2, -0.15) is 0 Å². The van der Waals surface area contributed by atoms with Gasteiger partial charge in [-0.05, 0) is 50.3 Å². The smallest absolute Gasteiger partial charge is 0.233 e. The van der Waals surface area contributed by atoms with E-state index in [4.69, 9.17) is 15.9 Å². The maximum absolute atomic E-state index is 13.7. The minimum atomic E-state index is -0.423. The molecule has 2 amide bonds. The van der Waals surface area contributed by atoms with Gasteiger partial charge in [-0.25, -0.2) is 9.97 Å². The molecule has 3 N–H and O–H groups in total. The number of carbonyl (C=O) groups is 2. The highest BCUT2D eigenvalue weighted by molar-refractivity contribution is 6.09. The second kappa shape index (κ2) is 10.8. The minimum Gasteiger partial charge on any atom is -0.496 e. The van der Waals surface area contributed by atoms with Crippen LogP contribution in [0.15, 0.2) is 42.9 Å². The fourth-order valence-electron chi connectivity index (χ4n) is 6.03. The Balaban J connectivity index is 1.19. The second-order valence-corrected chi connectivity index (χ2v) is 10.3. The first-order valence-electron chi connectivity index (χ1n) is 13.2. The van der Waals surface area contributed by atoms with E-state index in [9.17, 15) is 9.59 Å². The van der Waals surface area contributed by atoms with Crippen LogP contribution in [0.1, 0.15) is 37.7 Å². The number of amides is 2. The number of ether oxygens (including phenoxy) is 1. The molecular formula is C28H35N7O3. The number of carbonyl (C=O) groups excluding carboxylic acids is 2. The number of nitrogens with one attached hydrogen (secondary N) is 1. The number of nitrogens with zero attached hydrogens (tertiary/aromatic N) is 5. The van der Waals surface area contributed by atoms with Crippen molar-refractivity contribution in [1.82, 2.24) is 14.9 Å². The summed E-state index contributed by atoms with van der Waals surface area (Å²) in [6, 6.07) is 7.37. The molecular weight excluding hydrogens is 482 g/mol. The van der Waals surface area contributed by atoms with Crippen LogP contribution >= 0.6 is 0 Å². The molecule has 3 aliphatic rings. The van der Waals surface area contributed by atoms with Gasteiger partial charge in [0.1, 0.15) is 5.75 Å². The first-order chi connectivity index (χ1) is 18.5. The Labute approximate surface area is 223 Å². The molecule has 0 saturated carbocycles. The molecule has 38 heavy (non-hydrogen) atoms. The predicted molar refractivity (Wildman–Crippen MR) is 146 cm³/mol. The van der Waals surface area contributed by atoms with Gasteiger partial charge in [0.15, 0.2) is 0 Å². The molecule has 3 fully saturated rings. The fourth-order valence-corrected chi connectivity index (χ4v) is 6.03. The summed E-state index contributed by atoms with van der Waals surface area (Å²) in [5.74, 6) is 1.64. The standard InChI is InChI=1S/C28H35N7O3/c1-38-24-17-22(3-4-23(24)21(18-29)19-30)35-16-9-28(26(35)37)7-14-33(15-8-28)25(36)20-5-12-34(13-6-20)27-31-10-2-11-32-27/h2-4,10-11,17-20,29H,5-9,12-16,30H2,1H3/b21-19+,29-18?. The maximum atomic E-state index is 13.7. The number of aromatic nitrogens is 2. The molecule has 1 aromatic carbocycles. The third kappa shape index (κ3) is 4.70. The highest BCUT2D eigenvalue weighted by atomic mass is 16.5. The third-order valence-corrected chi connectivity index (χ3v) is 8.37. The normalized spacial score (nSPS) is 20.2. The molecule has 0 unspecified atom stereocenters. The lowest BCUT2D eigenvalue weighted by atomic mass is 9.76. The quantitative estimate of drug-likeness (QED) is 0.564.